The van der Waals surface area contributed by atoms with E-state index in [-0.39, 0.29) is 11.5 Å². The van der Waals surface area contributed by atoms with Crippen molar-refractivity contribution in [1.29, 1.82) is 0 Å². The Bertz CT molecular complexity index is 881. The molecule has 1 aliphatic heterocycles. The first kappa shape index (κ1) is 16.8. The quantitative estimate of drug-likeness (QED) is 0.609. The van der Waals surface area contributed by atoms with Gasteiger partial charge in [0.25, 0.3) is 0 Å². The predicted octanol–water partition coefficient (Wildman–Crippen LogP) is 2.05. The monoisotopic (exact) mass is 454 g/mol. The van der Waals surface area contributed by atoms with Crippen LogP contribution in [0, 0.1) is 3.57 Å². The number of phenols is 2. The van der Waals surface area contributed by atoms with Gasteiger partial charge in [-0.3, -0.25) is 0 Å². The normalized spacial score (nSPS) is 20.6. The van der Waals surface area contributed by atoms with Crippen LogP contribution >= 0.6 is 22.6 Å². The number of halogens is 1. The smallest absolute Gasteiger partial charge is 0.172 e. The Labute approximate surface area is 160 Å². The van der Waals surface area contributed by atoms with Crippen LogP contribution in [0.4, 0.5) is 0 Å². The van der Waals surface area contributed by atoms with Crippen LogP contribution in [0.5, 0.6) is 23.0 Å². The molecule has 0 amide bonds. The van der Waals surface area contributed by atoms with Crippen LogP contribution in [0.2, 0.25) is 0 Å². The molecule has 3 N–H and O–H groups in total. The predicted molar refractivity (Wildman–Crippen MR) is 103 cm³/mol. The average Bonchev–Trinajstić information content (AvgIpc) is 2.60. The highest BCUT2D eigenvalue weighted by molar-refractivity contribution is 14.1. The van der Waals surface area contributed by atoms with E-state index >= 15 is 0 Å². The Morgan fingerprint density at radius 3 is 2.64 bits per heavy atom. The molecule has 132 valence electrons. The summed E-state index contributed by atoms with van der Waals surface area (Å²) in [5.41, 5.74) is 5.46. The van der Waals surface area contributed by atoms with Crippen molar-refractivity contribution >= 4 is 22.6 Å². The second kappa shape index (κ2) is 5.95. The first-order chi connectivity index (χ1) is 12.0. The third kappa shape index (κ3) is 2.30. The highest BCUT2D eigenvalue weighted by Gasteiger charge is 2.40. The standard InChI is InChI=1S/C19H20INO4/c1-21-5-4-10-15-12(21)6-9-7-13(22)14(24-2)8-11(9)16(15)19(25-3)18(23)17(10)20/h7-8,12,22-23H,4-6H2,1-3H3/p+1. The SMILES string of the molecule is COc1cc2c(cc1O)CC1c3c(c(I)c(O)c(OC)c3-2)CC[NH+]1C. The maximum atomic E-state index is 10.7. The molecule has 0 saturated heterocycles. The van der Waals surface area contributed by atoms with Gasteiger partial charge in [-0.1, -0.05) is 0 Å². The van der Waals surface area contributed by atoms with Crippen LogP contribution in [0.1, 0.15) is 22.7 Å². The second-order valence-corrected chi connectivity index (χ2v) is 7.83. The van der Waals surface area contributed by atoms with E-state index in [1.165, 1.54) is 16.0 Å². The molecule has 2 aliphatic rings. The van der Waals surface area contributed by atoms with Crippen molar-refractivity contribution in [2.24, 2.45) is 0 Å². The van der Waals surface area contributed by atoms with Gasteiger partial charge in [0.05, 0.1) is 31.4 Å². The van der Waals surface area contributed by atoms with E-state index in [0.717, 1.165) is 39.6 Å². The highest BCUT2D eigenvalue weighted by atomic mass is 127. The first-order valence-electron chi connectivity index (χ1n) is 8.31. The van der Waals surface area contributed by atoms with E-state index < -0.39 is 0 Å². The summed E-state index contributed by atoms with van der Waals surface area (Å²) in [6.45, 7) is 1.02. The molecule has 0 aromatic heterocycles. The Kier molecular flexibility index (Phi) is 3.99. The molecule has 2 unspecified atom stereocenters. The Balaban J connectivity index is 2.11. The fourth-order valence-corrected chi connectivity index (χ4v) is 5.07. The molecular formula is C19H21INO4+. The van der Waals surface area contributed by atoms with Crippen molar-refractivity contribution in [3.8, 4) is 34.1 Å². The van der Waals surface area contributed by atoms with Crippen molar-refractivity contribution < 1.29 is 24.6 Å². The number of ether oxygens (including phenoxy) is 2. The molecule has 1 aliphatic carbocycles. The van der Waals surface area contributed by atoms with Gasteiger partial charge in [0.15, 0.2) is 23.0 Å². The molecule has 2 atom stereocenters. The Hall–Kier alpha value is -1.67. The van der Waals surface area contributed by atoms with Crippen LogP contribution < -0.4 is 14.4 Å². The number of phenolic OH excluding ortho intramolecular Hbond substituents is 2. The zero-order chi connectivity index (χ0) is 17.9. The zero-order valence-electron chi connectivity index (χ0n) is 14.4. The summed E-state index contributed by atoms with van der Waals surface area (Å²) in [5.74, 6) is 1.29. The molecule has 2 aromatic rings. The number of hydrogen-bond acceptors (Lipinski definition) is 4. The van der Waals surface area contributed by atoms with Crippen molar-refractivity contribution in [2.75, 3.05) is 27.8 Å². The number of quaternary nitrogens is 1. The highest BCUT2D eigenvalue weighted by Crippen LogP contribution is 2.53. The maximum absolute atomic E-state index is 10.7. The fourth-order valence-electron chi connectivity index (χ4n) is 4.26. The molecule has 2 aromatic carbocycles. The lowest BCUT2D eigenvalue weighted by Crippen LogP contribution is -3.10. The lowest BCUT2D eigenvalue weighted by atomic mass is 9.76. The van der Waals surface area contributed by atoms with Gasteiger partial charge < -0.3 is 24.6 Å². The fraction of sp³-hybridized carbons (Fsp3) is 0.368. The largest absolute Gasteiger partial charge is 0.504 e. The lowest BCUT2D eigenvalue weighted by molar-refractivity contribution is -0.914. The summed E-state index contributed by atoms with van der Waals surface area (Å²) in [5, 5.41) is 20.9. The number of likely N-dealkylation sites (N-methyl/N-ethyl adjacent to an activating group) is 1. The second-order valence-electron chi connectivity index (χ2n) is 6.75. The Morgan fingerprint density at radius 2 is 1.96 bits per heavy atom. The van der Waals surface area contributed by atoms with Crippen molar-refractivity contribution in [1.82, 2.24) is 0 Å². The van der Waals surface area contributed by atoms with Crippen LogP contribution in [0.15, 0.2) is 12.1 Å². The van der Waals surface area contributed by atoms with Crippen molar-refractivity contribution in [3.05, 3.63) is 32.4 Å². The van der Waals surface area contributed by atoms with Gasteiger partial charge in [0.1, 0.15) is 6.04 Å². The van der Waals surface area contributed by atoms with Gasteiger partial charge >= 0.3 is 0 Å². The van der Waals surface area contributed by atoms with Gasteiger partial charge in [-0.15, -0.1) is 0 Å². The third-order valence-electron chi connectivity index (χ3n) is 5.52. The minimum absolute atomic E-state index is 0.145. The minimum atomic E-state index is 0.145. The number of fused-ring (bicyclic) bond motifs is 2. The summed E-state index contributed by atoms with van der Waals surface area (Å²) < 4.78 is 11.8. The topological polar surface area (TPSA) is 63.4 Å². The van der Waals surface area contributed by atoms with Crippen LogP contribution in [-0.2, 0) is 12.8 Å². The summed E-state index contributed by atoms with van der Waals surface area (Å²) in [6.07, 6.45) is 1.79. The molecule has 0 spiro atoms. The molecule has 5 nitrogen and oxygen atoms in total. The molecular weight excluding hydrogens is 433 g/mol. The molecule has 1 heterocycles. The van der Waals surface area contributed by atoms with Crippen LogP contribution in [0.3, 0.4) is 0 Å². The zero-order valence-corrected chi connectivity index (χ0v) is 16.6. The van der Waals surface area contributed by atoms with E-state index in [1.54, 1.807) is 20.3 Å². The van der Waals surface area contributed by atoms with E-state index in [9.17, 15) is 10.2 Å². The maximum Gasteiger partial charge on any atom is 0.172 e. The minimum Gasteiger partial charge on any atom is -0.504 e. The summed E-state index contributed by atoms with van der Waals surface area (Å²) in [6, 6.07) is 3.93. The first-order valence-corrected chi connectivity index (χ1v) is 9.39. The molecule has 0 fully saturated rings. The molecule has 25 heavy (non-hydrogen) atoms. The van der Waals surface area contributed by atoms with Gasteiger partial charge in [0, 0.05) is 24.0 Å². The summed E-state index contributed by atoms with van der Waals surface area (Å²) in [4.78, 5) is 1.44. The molecule has 0 bridgehead atoms. The third-order valence-corrected chi connectivity index (χ3v) is 6.69. The van der Waals surface area contributed by atoms with Gasteiger partial charge in [-0.2, -0.15) is 0 Å². The summed E-state index contributed by atoms with van der Waals surface area (Å²) in [7, 11) is 5.34. The Morgan fingerprint density at radius 1 is 1.20 bits per heavy atom. The molecule has 0 saturated carbocycles. The average molecular weight is 454 g/mol. The van der Waals surface area contributed by atoms with E-state index in [2.05, 4.69) is 29.6 Å². The number of rotatable bonds is 2. The van der Waals surface area contributed by atoms with Gasteiger partial charge in [0.2, 0.25) is 0 Å². The van der Waals surface area contributed by atoms with E-state index in [4.69, 9.17) is 9.47 Å². The van der Waals surface area contributed by atoms with E-state index in [1.807, 2.05) is 6.07 Å². The van der Waals surface area contributed by atoms with E-state index in [0.29, 0.717) is 17.5 Å². The number of hydrogen-bond donors (Lipinski definition) is 3. The van der Waals surface area contributed by atoms with Gasteiger partial charge in [-0.05, 0) is 51.4 Å². The molecule has 6 heteroatoms. The number of nitrogens with one attached hydrogen (secondary N) is 1. The number of aromatic hydroxyl groups is 2. The lowest BCUT2D eigenvalue weighted by Gasteiger charge is -2.38. The van der Waals surface area contributed by atoms with Crippen molar-refractivity contribution in [3.63, 3.8) is 0 Å². The van der Waals surface area contributed by atoms with Crippen LogP contribution in [-0.4, -0.2) is 38.0 Å². The number of methoxy groups -OCH3 is 2. The van der Waals surface area contributed by atoms with Crippen molar-refractivity contribution in [2.45, 2.75) is 18.9 Å². The summed E-state index contributed by atoms with van der Waals surface area (Å²) >= 11 is 2.23. The van der Waals surface area contributed by atoms with Gasteiger partial charge in [-0.25, -0.2) is 0 Å². The molecule has 0 radical (unpaired) electrons. The molecule has 4 rings (SSSR count). The number of benzene rings is 2. The van der Waals surface area contributed by atoms with Crippen LogP contribution in [0.25, 0.3) is 11.1 Å².